The molecule has 0 aliphatic carbocycles. The quantitative estimate of drug-likeness (QED) is 0.470. The Morgan fingerprint density at radius 3 is 2.08 bits per heavy atom. The van der Waals surface area contributed by atoms with Crippen molar-refractivity contribution < 1.29 is 64.7 Å². The highest BCUT2D eigenvalue weighted by atomic mass is 19.4. The molecule has 3 aliphatic heterocycles. The standard InChI is InChI=1S/C20H29FN2O3.2C2HF3O2/c21-18-2-1-7-22-19(18)25-10-5-16-6-11-26-20(12-16)14-23(15-20)13-17-3-8-24-9-4-17;2*3-2(4,5)1(6)7/h1-2,7,16-17H,3-6,8-15H2;2*(H,6,7). The van der Waals surface area contributed by atoms with E-state index < -0.39 is 30.1 Å². The van der Waals surface area contributed by atoms with Crippen LogP contribution >= 0.6 is 0 Å². The summed E-state index contributed by atoms with van der Waals surface area (Å²) in [5.74, 6) is -4.43. The van der Waals surface area contributed by atoms with Gasteiger partial charge in [0.2, 0.25) is 5.88 Å². The molecule has 3 fully saturated rings. The molecule has 4 rings (SSSR count). The van der Waals surface area contributed by atoms with Gasteiger partial charge in [-0.05, 0) is 56.1 Å². The predicted octanol–water partition coefficient (Wildman–Crippen LogP) is 4.16. The van der Waals surface area contributed by atoms with Gasteiger partial charge < -0.3 is 24.4 Å². The third-order valence-corrected chi connectivity index (χ3v) is 6.45. The van der Waals surface area contributed by atoms with Crippen molar-refractivity contribution in [1.29, 1.82) is 0 Å². The van der Waals surface area contributed by atoms with Crippen LogP contribution in [0.3, 0.4) is 0 Å². The summed E-state index contributed by atoms with van der Waals surface area (Å²) < 4.78 is 94.2. The Bertz CT molecular complexity index is 926. The number of aliphatic carboxylic acids is 2. The van der Waals surface area contributed by atoms with Crippen LogP contribution in [0.1, 0.15) is 32.1 Å². The van der Waals surface area contributed by atoms with Crippen LogP contribution in [0.2, 0.25) is 0 Å². The van der Waals surface area contributed by atoms with E-state index in [-0.39, 0.29) is 11.5 Å². The third kappa shape index (κ3) is 11.4. The fraction of sp³-hybridized carbons (Fsp3) is 0.708. The van der Waals surface area contributed by atoms with E-state index in [0.29, 0.717) is 12.5 Å². The zero-order valence-electron chi connectivity index (χ0n) is 21.3. The molecule has 1 spiro atoms. The molecular formula is C24H31F7N2O7. The number of hydrogen-bond acceptors (Lipinski definition) is 7. The molecule has 3 saturated heterocycles. The second-order valence-corrected chi connectivity index (χ2v) is 9.65. The van der Waals surface area contributed by atoms with Crippen LogP contribution < -0.4 is 4.74 Å². The van der Waals surface area contributed by atoms with Gasteiger partial charge in [-0.3, -0.25) is 4.90 Å². The molecule has 0 bridgehead atoms. The van der Waals surface area contributed by atoms with Gasteiger partial charge in [0.05, 0.1) is 12.2 Å². The summed E-state index contributed by atoms with van der Waals surface area (Å²) in [5.41, 5.74) is 0.0460. The highest BCUT2D eigenvalue weighted by Crippen LogP contribution is 2.39. The number of halogens is 7. The lowest BCUT2D eigenvalue weighted by Gasteiger charge is -2.54. The number of carboxylic acids is 2. The molecule has 0 radical (unpaired) electrons. The molecule has 40 heavy (non-hydrogen) atoms. The molecule has 228 valence electrons. The van der Waals surface area contributed by atoms with Crippen molar-refractivity contribution in [2.75, 3.05) is 46.1 Å². The van der Waals surface area contributed by atoms with E-state index in [1.165, 1.54) is 25.5 Å². The lowest BCUT2D eigenvalue weighted by Crippen LogP contribution is -2.65. The molecular weight excluding hydrogens is 561 g/mol. The summed E-state index contributed by atoms with van der Waals surface area (Å²) in [6.45, 7) is 6.46. The Hall–Kier alpha value is -2.72. The first-order valence-corrected chi connectivity index (χ1v) is 12.4. The molecule has 1 unspecified atom stereocenters. The molecule has 9 nitrogen and oxygen atoms in total. The highest BCUT2D eigenvalue weighted by Gasteiger charge is 2.47. The number of pyridine rings is 1. The second kappa shape index (κ2) is 14.8. The fourth-order valence-corrected chi connectivity index (χ4v) is 4.59. The van der Waals surface area contributed by atoms with Gasteiger partial charge in [0, 0.05) is 45.7 Å². The molecule has 3 aliphatic rings. The normalized spacial score (nSPS) is 21.2. The topological polar surface area (TPSA) is 118 Å². The average molecular weight is 593 g/mol. The maximum absolute atomic E-state index is 13.6. The Kier molecular flexibility index (Phi) is 12.4. The van der Waals surface area contributed by atoms with Gasteiger partial charge in [0.25, 0.3) is 0 Å². The maximum Gasteiger partial charge on any atom is 0.490 e. The Morgan fingerprint density at radius 1 is 1.00 bits per heavy atom. The smallest absolute Gasteiger partial charge is 0.476 e. The molecule has 1 aromatic heterocycles. The van der Waals surface area contributed by atoms with E-state index in [1.54, 1.807) is 12.3 Å². The minimum atomic E-state index is -5.08. The summed E-state index contributed by atoms with van der Waals surface area (Å²) in [4.78, 5) is 24.3. The van der Waals surface area contributed by atoms with Crippen molar-refractivity contribution in [3.05, 3.63) is 24.1 Å². The number of rotatable bonds is 6. The van der Waals surface area contributed by atoms with Crippen LogP contribution in [0.5, 0.6) is 5.88 Å². The average Bonchev–Trinajstić information content (AvgIpc) is 2.85. The lowest BCUT2D eigenvalue weighted by atomic mass is 9.79. The molecule has 0 amide bonds. The van der Waals surface area contributed by atoms with E-state index in [4.69, 9.17) is 34.0 Å². The first-order chi connectivity index (χ1) is 18.6. The molecule has 1 aromatic rings. The van der Waals surface area contributed by atoms with E-state index in [0.717, 1.165) is 58.1 Å². The number of likely N-dealkylation sites (tertiary alicyclic amines) is 1. The van der Waals surface area contributed by atoms with Crippen LogP contribution in [0.25, 0.3) is 0 Å². The molecule has 0 saturated carbocycles. The van der Waals surface area contributed by atoms with Gasteiger partial charge in [-0.25, -0.2) is 19.0 Å². The van der Waals surface area contributed by atoms with Gasteiger partial charge in [-0.1, -0.05) is 0 Å². The predicted molar refractivity (Wildman–Crippen MR) is 123 cm³/mol. The summed E-state index contributed by atoms with van der Waals surface area (Å²) >= 11 is 0. The summed E-state index contributed by atoms with van der Waals surface area (Å²) in [7, 11) is 0. The van der Waals surface area contributed by atoms with Gasteiger partial charge >= 0.3 is 24.3 Å². The van der Waals surface area contributed by atoms with E-state index in [2.05, 4.69) is 9.88 Å². The monoisotopic (exact) mass is 592 g/mol. The van der Waals surface area contributed by atoms with Crippen molar-refractivity contribution in [3.8, 4) is 5.88 Å². The van der Waals surface area contributed by atoms with Crippen molar-refractivity contribution in [3.63, 3.8) is 0 Å². The Morgan fingerprint density at radius 2 is 1.55 bits per heavy atom. The minimum absolute atomic E-state index is 0.0460. The van der Waals surface area contributed by atoms with Gasteiger partial charge in [-0.2, -0.15) is 26.3 Å². The first-order valence-electron chi connectivity index (χ1n) is 12.4. The number of alkyl halides is 6. The van der Waals surface area contributed by atoms with Crippen LogP contribution in [-0.2, 0) is 19.1 Å². The molecule has 16 heteroatoms. The first kappa shape index (κ1) is 33.5. The van der Waals surface area contributed by atoms with E-state index in [9.17, 15) is 30.7 Å². The number of hydrogen-bond donors (Lipinski definition) is 2. The second-order valence-electron chi connectivity index (χ2n) is 9.65. The number of carboxylic acid groups (broad SMARTS) is 2. The molecule has 0 aromatic carbocycles. The minimum Gasteiger partial charge on any atom is -0.476 e. The largest absolute Gasteiger partial charge is 0.490 e. The number of carbonyl (C=O) groups is 2. The fourth-order valence-electron chi connectivity index (χ4n) is 4.59. The highest BCUT2D eigenvalue weighted by molar-refractivity contribution is 5.73. The maximum atomic E-state index is 13.6. The molecule has 1 atom stereocenters. The third-order valence-electron chi connectivity index (χ3n) is 6.45. The van der Waals surface area contributed by atoms with Crippen LogP contribution in [0.4, 0.5) is 30.7 Å². The Labute approximate surface area is 225 Å². The van der Waals surface area contributed by atoms with Gasteiger partial charge in [-0.15, -0.1) is 0 Å². The molecule has 4 heterocycles. The van der Waals surface area contributed by atoms with Crippen molar-refractivity contribution in [1.82, 2.24) is 9.88 Å². The number of ether oxygens (including phenoxy) is 3. The number of aromatic nitrogens is 1. The van der Waals surface area contributed by atoms with Crippen LogP contribution in [0, 0.1) is 17.7 Å². The van der Waals surface area contributed by atoms with E-state index in [1.807, 2.05) is 0 Å². The summed E-state index contributed by atoms with van der Waals surface area (Å²) in [6, 6.07) is 2.96. The molecule has 2 N–H and O–H groups in total. The SMILES string of the molecule is Fc1cccnc1OCCC1CCOC2(C1)CN(CC1CCOCC1)C2.O=C(O)C(F)(F)F.O=C(O)C(F)(F)F. The van der Waals surface area contributed by atoms with Crippen LogP contribution in [-0.4, -0.2) is 96.1 Å². The van der Waals surface area contributed by atoms with Crippen molar-refractivity contribution >= 4 is 11.9 Å². The zero-order chi connectivity index (χ0) is 30.0. The van der Waals surface area contributed by atoms with Crippen molar-refractivity contribution in [2.24, 2.45) is 11.8 Å². The summed E-state index contributed by atoms with van der Waals surface area (Å²) in [5, 5.41) is 14.2. The van der Waals surface area contributed by atoms with Gasteiger partial charge in [0.1, 0.15) is 0 Å². The van der Waals surface area contributed by atoms with E-state index >= 15 is 0 Å². The Balaban J connectivity index is 0.000000333. The lowest BCUT2D eigenvalue weighted by molar-refractivity contribution is -0.193. The van der Waals surface area contributed by atoms with Crippen LogP contribution in [0.15, 0.2) is 18.3 Å². The number of nitrogens with zero attached hydrogens (tertiary/aromatic N) is 2. The zero-order valence-corrected chi connectivity index (χ0v) is 21.3. The van der Waals surface area contributed by atoms with Crippen molar-refractivity contribution in [2.45, 2.75) is 50.1 Å². The van der Waals surface area contributed by atoms with Gasteiger partial charge in [0.15, 0.2) is 5.82 Å². The summed E-state index contributed by atoms with van der Waals surface area (Å²) in [6.07, 6.45) is -3.14.